The Balaban J connectivity index is 1.62. The zero-order valence-corrected chi connectivity index (χ0v) is 10.6. The minimum Gasteiger partial charge on any atom is -0.376 e. The largest absolute Gasteiger partial charge is 0.376 e. The van der Waals surface area contributed by atoms with Crippen LogP contribution in [-0.2, 0) is 11.3 Å². The molecule has 0 aliphatic carbocycles. The second-order valence-corrected chi connectivity index (χ2v) is 4.54. The van der Waals surface area contributed by atoms with Crippen molar-refractivity contribution in [2.75, 3.05) is 13.2 Å². The summed E-state index contributed by atoms with van der Waals surface area (Å²) in [6.07, 6.45) is 7.59. The maximum Gasteiger partial charge on any atom is 0.315 e. The zero-order chi connectivity index (χ0) is 12.8. The van der Waals surface area contributed by atoms with Crippen molar-refractivity contribution in [2.45, 2.75) is 38.5 Å². The summed E-state index contributed by atoms with van der Waals surface area (Å²) in [5, 5.41) is 5.72. The fourth-order valence-corrected chi connectivity index (χ4v) is 2.07. The summed E-state index contributed by atoms with van der Waals surface area (Å²) in [5.41, 5.74) is 0. The predicted octanol–water partition coefficient (Wildman–Crippen LogP) is 0.750. The standard InChI is InChI=1S/C12H20N4O2/c1-10(11-3-2-8-18-11)15-12(17)14-5-7-16-6-4-13-9-16/h4,6,9-11H,2-3,5,7-8H2,1H3,(H2,14,15,17)/t10-,11+/m0/s1. The van der Waals surface area contributed by atoms with Gasteiger partial charge in [-0.3, -0.25) is 0 Å². The van der Waals surface area contributed by atoms with E-state index < -0.39 is 0 Å². The summed E-state index contributed by atoms with van der Waals surface area (Å²) >= 11 is 0. The molecule has 100 valence electrons. The van der Waals surface area contributed by atoms with Crippen LogP contribution in [0.3, 0.4) is 0 Å². The number of rotatable bonds is 5. The third kappa shape index (κ3) is 3.73. The Labute approximate surface area is 107 Å². The highest BCUT2D eigenvalue weighted by atomic mass is 16.5. The van der Waals surface area contributed by atoms with E-state index in [1.165, 1.54) is 0 Å². The van der Waals surface area contributed by atoms with Crippen LogP contribution in [0.15, 0.2) is 18.7 Å². The maximum absolute atomic E-state index is 11.6. The van der Waals surface area contributed by atoms with Gasteiger partial charge in [-0.15, -0.1) is 0 Å². The molecule has 1 saturated heterocycles. The molecule has 18 heavy (non-hydrogen) atoms. The highest BCUT2D eigenvalue weighted by Crippen LogP contribution is 2.15. The van der Waals surface area contributed by atoms with Crippen LogP contribution in [0.4, 0.5) is 4.79 Å². The van der Waals surface area contributed by atoms with E-state index in [-0.39, 0.29) is 18.2 Å². The van der Waals surface area contributed by atoms with Crippen LogP contribution in [0.25, 0.3) is 0 Å². The summed E-state index contributed by atoms with van der Waals surface area (Å²) in [4.78, 5) is 15.6. The summed E-state index contributed by atoms with van der Waals surface area (Å²) in [5.74, 6) is 0. The smallest absolute Gasteiger partial charge is 0.315 e. The first-order valence-corrected chi connectivity index (χ1v) is 6.37. The topological polar surface area (TPSA) is 68.2 Å². The number of nitrogens with one attached hydrogen (secondary N) is 2. The van der Waals surface area contributed by atoms with Crippen molar-refractivity contribution < 1.29 is 9.53 Å². The quantitative estimate of drug-likeness (QED) is 0.812. The highest BCUT2D eigenvalue weighted by Gasteiger charge is 2.23. The minimum absolute atomic E-state index is 0.0562. The molecule has 0 saturated carbocycles. The number of hydrogen-bond donors (Lipinski definition) is 2. The normalized spacial score (nSPS) is 20.6. The molecule has 2 heterocycles. The number of imidazole rings is 1. The fraction of sp³-hybridized carbons (Fsp3) is 0.667. The number of nitrogens with zero attached hydrogens (tertiary/aromatic N) is 2. The first-order chi connectivity index (χ1) is 8.75. The van der Waals surface area contributed by atoms with Gasteiger partial charge < -0.3 is 19.9 Å². The van der Waals surface area contributed by atoms with Crippen LogP contribution in [-0.4, -0.2) is 40.9 Å². The Bertz CT molecular complexity index is 360. The van der Waals surface area contributed by atoms with E-state index in [0.717, 1.165) is 26.0 Å². The lowest BCUT2D eigenvalue weighted by molar-refractivity contribution is 0.0860. The molecule has 1 aliphatic heterocycles. The third-order valence-electron chi connectivity index (χ3n) is 3.10. The van der Waals surface area contributed by atoms with Gasteiger partial charge in [0.05, 0.1) is 18.5 Å². The Morgan fingerprint density at radius 3 is 3.22 bits per heavy atom. The van der Waals surface area contributed by atoms with Crippen molar-refractivity contribution in [1.29, 1.82) is 0 Å². The summed E-state index contributed by atoms with van der Waals surface area (Å²) in [6, 6.07) is -0.0844. The second-order valence-electron chi connectivity index (χ2n) is 4.54. The highest BCUT2D eigenvalue weighted by molar-refractivity contribution is 5.74. The molecule has 6 heteroatoms. The molecule has 2 amide bonds. The van der Waals surface area contributed by atoms with Gasteiger partial charge in [-0.2, -0.15) is 0 Å². The van der Waals surface area contributed by atoms with Gasteiger partial charge in [0, 0.05) is 32.1 Å². The van der Waals surface area contributed by atoms with Gasteiger partial charge in [-0.25, -0.2) is 9.78 Å². The zero-order valence-electron chi connectivity index (χ0n) is 10.6. The van der Waals surface area contributed by atoms with Crippen LogP contribution in [0.1, 0.15) is 19.8 Å². The molecule has 1 fully saturated rings. The monoisotopic (exact) mass is 252 g/mol. The lowest BCUT2D eigenvalue weighted by Gasteiger charge is -2.20. The Kier molecular flexibility index (Phi) is 4.58. The molecule has 0 spiro atoms. The van der Waals surface area contributed by atoms with E-state index in [4.69, 9.17) is 4.74 Å². The SMILES string of the molecule is C[C@H](NC(=O)NCCn1ccnc1)[C@H]1CCCO1. The average Bonchev–Trinajstić information content (AvgIpc) is 3.02. The molecule has 2 N–H and O–H groups in total. The molecule has 6 nitrogen and oxygen atoms in total. The van der Waals surface area contributed by atoms with Crippen molar-refractivity contribution in [3.8, 4) is 0 Å². The third-order valence-corrected chi connectivity index (χ3v) is 3.10. The average molecular weight is 252 g/mol. The summed E-state index contributed by atoms with van der Waals surface area (Å²) < 4.78 is 7.44. The number of amides is 2. The van der Waals surface area contributed by atoms with Gasteiger partial charge in [-0.1, -0.05) is 0 Å². The van der Waals surface area contributed by atoms with Gasteiger partial charge in [0.1, 0.15) is 0 Å². The van der Waals surface area contributed by atoms with E-state index in [1.54, 1.807) is 12.5 Å². The minimum atomic E-state index is -0.141. The van der Waals surface area contributed by atoms with Crippen LogP contribution in [0.5, 0.6) is 0 Å². The van der Waals surface area contributed by atoms with Crippen LogP contribution in [0.2, 0.25) is 0 Å². The van der Waals surface area contributed by atoms with E-state index in [9.17, 15) is 4.79 Å². The first kappa shape index (κ1) is 12.9. The molecule has 1 aromatic heterocycles. The number of aromatic nitrogens is 2. The number of carbonyl (C=O) groups is 1. The molecular formula is C12H20N4O2. The van der Waals surface area contributed by atoms with Crippen molar-refractivity contribution in [1.82, 2.24) is 20.2 Å². The lowest BCUT2D eigenvalue weighted by Crippen LogP contribution is -2.46. The maximum atomic E-state index is 11.6. The van der Waals surface area contributed by atoms with Crippen LogP contribution in [0, 0.1) is 0 Å². The molecule has 0 aromatic carbocycles. The lowest BCUT2D eigenvalue weighted by atomic mass is 10.1. The Morgan fingerprint density at radius 2 is 2.56 bits per heavy atom. The number of hydrogen-bond acceptors (Lipinski definition) is 3. The van der Waals surface area contributed by atoms with Gasteiger partial charge in [0.15, 0.2) is 0 Å². The van der Waals surface area contributed by atoms with Gasteiger partial charge in [-0.05, 0) is 19.8 Å². The van der Waals surface area contributed by atoms with E-state index in [0.29, 0.717) is 6.54 Å². The van der Waals surface area contributed by atoms with Gasteiger partial charge in [0.25, 0.3) is 0 Å². The van der Waals surface area contributed by atoms with Crippen molar-refractivity contribution >= 4 is 6.03 Å². The molecule has 2 rings (SSSR count). The number of ether oxygens (including phenoxy) is 1. The number of carbonyl (C=O) groups excluding carboxylic acids is 1. The van der Waals surface area contributed by atoms with Crippen molar-refractivity contribution in [3.63, 3.8) is 0 Å². The van der Waals surface area contributed by atoms with Crippen LogP contribution < -0.4 is 10.6 Å². The molecule has 1 aromatic rings. The van der Waals surface area contributed by atoms with E-state index in [1.807, 2.05) is 17.7 Å². The van der Waals surface area contributed by atoms with Crippen LogP contribution >= 0.6 is 0 Å². The van der Waals surface area contributed by atoms with E-state index >= 15 is 0 Å². The molecule has 0 radical (unpaired) electrons. The molecular weight excluding hydrogens is 232 g/mol. The van der Waals surface area contributed by atoms with Gasteiger partial charge >= 0.3 is 6.03 Å². The Hall–Kier alpha value is -1.56. The molecule has 2 atom stereocenters. The predicted molar refractivity (Wildman–Crippen MR) is 67.2 cm³/mol. The summed E-state index contributed by atoms with van der Waals surface area (Å²) in [7, 11) is 0. The van der Waals surface area contributed by atoms with Crippen molar-refractivity contribution in [2.24, 2.45) is 0 Å². The molecule has 1 aliphatic rings. The van der Waals surface area contributed by atoms with Crippen molar-refractivity contribution in [3.05, 3.63) is 18.7 Å². The molecule has 0 bridgehead atoms. The Morgan fingerprint density at radius 1 is 1.67 bits per heavy atom. The molecule has 0 unspecified atom stereocenters. The number of urea groups is 1. The van der Waals surface area contributed by atoms with E-state index in [2.05, 4.69) is 15.6 Å². The second kappa shape index (κ2) is 6.39. The summed E-state index contributed by atoms with van der Waals surface area (Å²) in [6.45, 7) is 4.09. The first-order valence-electron chi connectivity index (χ1n) is 6.37. The van der Waals surface area contributed by atoms with Gasteiger partial charge in [0.2, 0.25) is 0 Å². The fourth-order valence-electron chi connectivity index (χ4n) is 2.07.